The van der Waals surface area contributed by atoms with Crippen LogP contribution in [-0.4, -0.2) is 0 Å². The minimum Gasteiger partial charge on any atom is -0.103 e. The Morgan fingerprint density at radius 2 is 1.50 bits per heavy atom. The molecule has 14 heavy (non-hydrogen) atoms. The summed E-state index contributed by atoms with van der Waals surface area (Å²) >= 11 is 0. The Morgan fingerprint density at radius 1 is 0.929 bits per heavy atom. The van der Waals surface area contributed by atoms with Gasteiger partial charge >= 0.3 is 0 Å². The molecular weight excluding hydrogens is 168 g/mol. The van der Waals surface area contributed by atoms with Crippen LogP contribution >= 0.6 is 0 Å². The first-order valence-corrected chi connectivity index (χ1v) is 5.85. The topological polar surface area (TPSA) is 0 Å². The SMILES string of the molecule is C=CC(C)CCCC(C)CC(C)C=C. The van der Waals surface area contributed by atoms with Gasteiger partial charge < -0.3 is 0 Å². The van der Waals surface area contributed by atoms with Gasteiger partial charge in [-0.3, -0.25) is 0 Å². The number of hydrogen-bond donors (Lipinski definition) is 0. The van der Waals surface area contributed by atoms with Gasteiger partial charge in [0.15, 0.2) is 0 Å². The van der Waals surface area contributed by atoms with Crippen LogP contribution in [0.2, 0.25) is 0 Å². The lowest BCUT2D eigenvalue weighted by atomic mass is 9.91. The summed E-state index contributed by atoms with van der Waals surface area (Å²) in [5, 5.41) is 0. The normalized spacial score (nSPS) is 17.1. The molecule has 0 fully saturated rings. The van der Waals surface area contributed by atoms with Crippen LogP contribution in [0.1, 0.15) is 46.5 Å². The van der Waals surface area contributed by atoms with E-state index in [4.69, 9.17) is 0 Å². The molecule has 0 aliphatic heterocycles. The molecule has 0 rings (SSSR count). The van der Waals surface area contributed by atoms with Crippen LogP contribution in [-0.2, 0) is 0 Å². The lowest BCUT2D eigenvalue weighted by Crippen LogP contribution is -2.01. The second-order valence-electron chi connectivity index (χ2n) is 4.70. The molecule has 0 N–H and O–H groups in total. The van der Waals surface area contributed by atoms with Crippen molar-refractivity contribution in [1.82, 2.24) is 0 Å². The summed E-state index contributed by atoms with van der Waals surface area (Å²) in [7, 11) is 0. The minimum atomic E-state index is 0.668. The zero-order chi connectivity index (χ0) is 11.0. The highest BCUT2D eigenvalue weighted by atomic mass is 14.1. The molecular formula is C14H26. The van der Waals surface area contributed by atoms with Gasteiger partial charge in [-0.25, -0.2) is 0 Å². The van der Waals surface area contributed by atoms with Gasteiger partial charge in [-0.05, 0) is 30.6 Å². The van der Waals surface area contributed by atoms with E-state index in [1.54, 1.807) is 0 Å². The van der Waals surface area contributed by atoms with E-state index in [2.05, 4.69) is 46.1 Å². The molecule has 0 heteroatoms. The van der Waals surface area contributed by atoms with E-state index in [0.29, 0.717) is 11.8 Å². The highest BCUT2D eigenvalue weighted by molar-refractivity contribution is 4.77. The Kier molecular flexibility index (Phi) is 7.55. The average molecular weight is 194 g/mol. The fourth-order valence-corrected chi connectivity index (χ4v) is 1.75. The summed E-state index contributed by atoms with van der Waals surface area (Å²) in [5.41, 5.74) is 0. The van der Waals surface area contributed by atoms with Crippen LogP contribution in [0.3, 0.4) is 0 Å². The lowest BCUT2D eigenvalue weighted by Gasteiger charge is -2.14. The fourth-order valence-electron chi connectivity index (χ4n) is 1.75. The van der Waals surface area contributed by atoms with Crippen LogP contribution in [0.5, 0.6) is 0 Å². The first kappa shape index (κ1) is 13.5. The summed E-state index contributed by atoms with van der Waals surface area (Å²) in [6, 6.07) is 0. The van der Waals surface area contributed by atoms with Crippen molar-refractivity contribution in [2.75, 3.05) is 0 Å². The number of hydrogen-bond acceptors (Lipinski definition) is 0. The van der Waals surface area contributed by atoms with Crippen LogP contribution in [0.15, 0.2) is 25.3 Å². The van der Waals surface area contributed by atoms with E-state index in [9.17, 15) is 0 Å². The largest absolute Gasteiger partial charge is 0.103 e. The zero-order valence-electron chi connectivity index (χ0n) is 10.1. The fraction of sp³-hybridized carbons (Fsp3) is 0.714. The quantitative estimate of drug-likeness (QED) is 0.486. The molecule has 3 atom stereocenters. The van der Waals surface area contributed by atoms with Gasteiger partial charge in [-0.2, -0.15) is 0 Å². The summed E-state index contributed by atoms with van der Waals surface area (Å²) in [5.74, 6) is 2.18. The highest BCUT2D eigenvalue weighted by Gasteiger charge is 2.06. The number of allylic oxidation sites excluding steroid dienone is 2. The van der Waals surface area contributed by atoms with E-state index in [-0.39, 0.29) is 0 Å². The molecule has 0 amide bonds. The first-order chi connectivity index (χ1) is 6.60. The third-order valence-corrected chi connectivity index (χ3v) is 2.94. The molecule has 0 radical (unpaired) electrons. The van der Waals surface area contributed by atoms with E-state index < -0.39 is 0 Å². The molecule has 0 saturated carbocycles. The molecule has 0 bridgehead atoms. The predicted octanol–water partition coefficient (Wildman–Crippen LogP) is 4.83. The molecule has 0 aliphatic carbocycles. The third-order valence-electron chi connectivity index (χ3n) is 2.94. The maximum absolute atomic E-state index is 3.82. The van der Waals surface area contributed by atoms with Gasteiger partial charge in [0.05, 0.1) is 0 Å². The predicted molar refractivity (Wildman–Crippen MR) is 66.4 cm³/mol. The maximum atomic E-state index is 3.82. The van der Waals surface area contributed by atoms with Crippen molar-refractivity contribution in [2.24, 2.45) is 17.8 Å². The molecule has 82 valence electrons. The smallest absolute Gasteiger partial charge is 0.0262 e. The number of rotatable bonds is 8. The van der Waals surface area contributed by atoms with Gasteiger partial charge in [0.25, 0.3) is 0 Å². The Balaban J connectivity index is 3.48. The molecule has 0 saturated heterocycles. The second kappa shape index (κ2) is 7.84. The lowest BCUT2D eigenvalue weighted by molar-refractivity contribution is 0.411. The molecule has 0 aromatic rings. The van der Waals surface area contributed by atoms with Gasteiger partial charge in [-0.15, -0.1) is 13.2 Å². The van der Waals surface area contributed by atoms with Crippen molar-refractivity contribution in [3.05, 3.63) is 25.3 Å². The summed E-state index contributed by atoms with van der Waals surface area (Å²) in [6.45, 7) is 14.5. The summed E-state index contributed by atoms with van der Waals surface area (Å²) in [6.07, 6.45) is 9.36. The highest BCUT2D eigenvalue weighted by Crippen LogP contribution is 2.19. The minimum absolute atomic E-state index is 0.668. The van der Waals surface area contributed by atoms with E-state index in [0.717, 1.165) is 5.92 Å². The summed E-state index contributed by atoms with van der Waals surface area (Å²) < 4.78 is 0. The molecule has 0 aromatic carbocycles. The Hall–Kier alpha value is -0.520. The van der Waals surface area contributed by atoms with E-state index in [1.807, 2.05) is 0 Å². The molecule has 0 aliphatic rings. The Bertz CT molecular complexity index is 157. The van der Waals surface area contributed by atoms with Gasteiger partial charge in [0.1, 0.15) is 0 Å². The Labute approximate surface area is 90.1 Å². The molecule has 0 spiro atoms. The van der Waals surface area contributed by atoms with Gasteiger partial charge in [-0.1, -0.05) is 45.8 Å². The van der Waals surface area contributed by atoms with Crippen LogP contribution < -0.4 is 0 Å². The summed E-state index contributed by atoms with van der Waals surface area (Å²) in [4.78, 5) is 0. The van der Waals surface area contributed by atoms with Crippen LogP contribution in [0, 0.1) is 17.8 Å². The van der Waals surface area contributed by atoms with E-state index in [1.165, 1.54) is 25.7 Å². The molecule has 0 heterocycles. The Morgan fingerprint density at radius 3 is 2.00 bits per heavy atom. The maximum Gasteiger partial charge on any atom is -0.0262 e. The third kappa shape index (κ3) is 6.94. The molecule has 0 nitrogen and oxygen atoms in total. The molecule has 3 unspecified atom stereocenters. The standard InChI is InChI=1S/C14H26/c1-6-12(3)9-8-10-14(5)11-13(4)7-2/h6-7,12-14H,1-2,8-11H2,3-5H3. The van der Waals surface area contributed by atoms with Gasteiger partial charge in [0, 0.05) is 0 Å². The van der Waals surface area contributed by atoms with Crippen LogP contribution in [0.25, 0.3) is 0 Å². The van der Waals surface area contributed by atoms with Gasteiger partial charge in [0.2, 0.25) is 0 Å². The van der Waals surface area contributed by atoms with Crippen molar-refractivity contribution in [1.29, 1.82) is 0 Å². The van der Waals surface area contributed by atoms with Crippen molar-refractivity contribution in [3.63, 3.8) is 0 Å². The molecule has 0 aromatic heterocycles. The van der Waals surface area contributed by atoms with Crippen molar-refractivity contribution < 1.29 is 0 Å². The monoisotopic (exact) mass is 194 g/mol. The van der Waals surface area contributed by atoms with E-state index >= 15 is 0 Å². The van der Waals surface area contributed by atoms with Crippen LogP contribution in [0.4, 0.5) is 0 Å². The van der Waals surface area contributed by atoms with Crippen molar-refractivity contribution in [2.45, 2.75) is 46.5 Å². The average Bonchev–Trinajstić information content (AvgIpc) is 2.17. The van der Waals surface area contributed by atoms with Crippen molar-refractivity contribution >= 4 is 0 Å². The van der Waals surface area contributed by atoms with Crippen molar-refractivity contribution in [3.8, 4) is 0 Å². The zero-order valence-corrected chi connectivity index (χ0v) is 10.1. The first-order valence-electron chi connectivity index (χ1n) is 5.85. The second-order valence-corrected chi connectivity index (χ2v) is 4.70.